The molecule has 0 radical (unpaired) electrons. The maximum absolute atomic E-state index is 2.43. The highest BCUT2D eigenvalue weighted by Crippen LogP contribution is 2.17. The molecule has 0 rings (SSSR count). The molecule has 0 saturated carbocycles. The van der Waals surface area contributed by atoms with Gasteiger partial charge in [-0.1, -0.05) is 31.9 Å². The molecule has 1 heteroatoms. The van der Waals surface area contributed by atoms with Gasteiger partial charge in [0.05, 0.1) is 26.2 Å². The van der Waals surface area contributed by atoms with E-state index in [1.54, 1.807) is 0 Å². The molecule has 114 valence electrons. The van der Waals surface area contributed by atoms with E-state index in [9.17, 15) is 0 Å². The maximum Gasteiger partial charge on any atom is 0.0789 e. The van der Waals surface area contributed by atoms with Crippen molar-refractivity contribution >= 4 is 0 Å². The summed E-state index contributed by atoms with van der Waals surface area (Å²) in [6, 6.07) is 0. The zero-order chi connectivity index (χ0) is 14.7. The third kappa shape index (κ3) is 8.47. The molecule has 0 aromatic carbocycles. The molecular weight excluding hydrogens is 230 g/mol. The first-order valence-corrected chi connectivity index (χ1v) is 8.48. The van der Waals surface area contributed by atoms with Crippen LogP contribution >= 0.6 is 0 Å². The first-order valence-electron chi connectivity index (χ1n) is 8.48. The Morgan fingerprint density at radius 1 is 1.00 bits per heavy atom. The minimum Gasteiger partial charge on any atom is -0.324 e. The van der Waals surface area contributed by atoms with Gasteiger partial charge in [0.25, 0.3) is 0 Å². The van der Waals surface area contributed by atoms with E-state index in [0.717, 1.165) is 5.92 Å². The maximum atomic E-state index is 2.43. The summed E-state index contributed by atoms with van der Waals surface area (Å²) < 4.78 is 1.33. The summed E-state index contributed by atoms with van der Waals surface area (Å²) in [4.78, 5) is 0. The number of rotatable bonds is 11. The van der Waals surface area contributed by atoms with Crippen LogP contribution in [0, 0.1) is 5.92 Å². The van der Waals surface area contributed by atoms with Crippen molar-refractivity contribution in [3.8, 4) is 0 Å². The highest BCUT2D eigenvalue weighted by molar-refractivity contribution is 4.92. The third-order valence-corrected chi connectivity index (χ3v) is 4.64. The van der Waals surface area contributed by atoms with Crippen LogP contribution in [0.2, 0.25) is 0 Å². The van der Waals surface area contributed by atoms with Crippen molar-refractivity contribution in [2.24, 2.45) is 5.92 Å². The molecule has 0 N–H and O–H groups in total. The van der Waals surface area contributed by atoms with Gasteiger partial charge in [0, 0.05) is 0 Å². The molecule has 0 aliphatic heterocycles. The zero-order valence-electron chi connectivity index (χ0n) is 14.5. The second-order valence-corrected chi connectivity index (χ2v) is 6.53. The summed E-state index contributed by atoms with van der Waals surface area (Å²) in [5.74, 6) is 0.868. The van der Waals surface area contributed by atoms with Crippen molar-refractivity contribution in [1.82, 2.24) is 0 Å². The highest BCUT2D eigenvalue weighted by Gasteiger charge is 2.22. The molecular formula is C18H38N+. The number of allylic oxidation sites excluding steroid dienone is 2. The van der Waals surface area contributed by atoms with Gasteiger partial charge in [-0.3, -0.25) is 0 Å². The first-order chi connectivity index (χ1) is 8.99. The predicted molar refractivity (Wildman–Crippen MR) is 88.4 cm³/mol. The quantitative estimate of drug-likeness (QED) is 0.347. The van der Waals surface area contributed by atoms with Crippen molar-refractivity contribution in [3.05, 3.63) is 11.6 Å². The average Bonchev–Trinajstić information content (AvgIpc) is 2.39. The largest absolute Gasteiger partial charge is 0.324 e. The van der Waals surface area contributed by atoms with Crippen LogP contribution in [-0.2, 0) is 0 Å². The molecule has 1 nitrogen and oxygen atoms in total. The van der Waals surface area contributed by atoms with Gasteiger partial charge < -0.3 is 4.48 Å². The molecule has 0 saturated heterocycles. The van der Waals surface area contributed by atoms with Crippen molar-refractivity contribution in [2.45, 2.75) is 73.6 Å². The van der Waals surface area contributed by atoms with Crippen molar-refractivity contribution < 1.29 is 4.48 Å². The van der Waals surface area contributed by atoms with E-state index in [2.05, 4.69) is 47.6 Å². The predicted octanol–water partition coefficient (Wildman–Crippen LogP) is 5.42. The molecule has 0 heterocycles. The lowest BCUT2D eigenvalue weighted by Crippen LogP contribution is -2.49. The molecule has 0 spiro atoms. The second kappa shape index (κ2) is 10.5. The van der Waals surface area contributed by atoms with Crippen molar-refractivity contribution in [2.75, 3.05) is 26.2 Å². The lowest BCUT2D eigenvalue weighted by Gasteiger charge is -2.37. The number of nitrogens with zero attached hydrogens (tertiary/aromatic N) is 1. The fourth-order valence-corrected chi connectivity index (χ4v) is 2.76. The SMILES string of the molecule is CCCC[N+](CC)(CC)CC[C@@H](C)CCC=C(C)C. The van der Waals surface area contributed by atoms with Gasteiger partial charge in [-0.25, -0.2) is 0 Å². The Morgan fingerprint density at radius 2 is 1.63 bits per heavy atom. The number of hydrogen-bond donors (Lipinski definition) is 0. The van der Waals surface area contributed by atoms with Gasteiger partial charge in [-0.05, 0) is 59.3 Å². The fraction of sp³-hybridized carbons (Fsp3) is 0.889. The van der Waals surface area contributed by atoms with Crippen LogP contribution in [0.3, 0.4) is 0 Å². The Hall–Kier alpha value is -0.300. The van der Waals surface area contributed by atoms with Crippen LogP contribution in [0.1, 0.15) is 73.6 Å². The molecule has 19 heavy (non-hydrogen) atoms. The Kier molecular flexibility index (Phi) is 10.3. The zero-order valence-corrected chi connectivity index (χ0v) is 14.5. The Balaban J connectivity index is 4.12. The van der Waals surface area contributed by atoms with E-state index in [4.69, 9.17) is 0 Å². The van der Waals surface area contributed by atoms with Gasteiger partial charge in [0.2, 0.25) is 0 Å². The molecule has 0 aromatic rings. The summed E-state index contributed by atoms with van der Waals surface area (Å²) in [6.45, 7) is 19.2. The van der Waals surface area contributed by atoms with Crippen molar-refractivity contribution in [3.63, 3.8) is 0 Å². The van der Waals surface area contributed by atoms with Crippen LogP contribution in [0.5, 0.6) is 0 Å². The first kappa shape index (κ1) is 18.7. The van der Waals surface area contributed by atoms with E-state index in [1.807, 2.05) is 0 Å². The summed E-state index contributed by atoms with van der Waals surface area (Å²) >= 11 is 0. The van der Waals surface area contributed by atoms with E-state index in [0.29, 0.717) is 0 Å². The standard InChI is InChI=1S/C18H38N/c1-7-10-15-19(8-2,9-3)16-14-18(6)13-11-12-17(4)5/h12,18H,7-11,13-16H2,1-6H3/q+1/t18-/m0/s1. The summed E-state index contributed by atoms with van der Waals surface area (Å²) in [7, 11) is 0. The Labute approximate surface area is 122 Å². The minimum absolute atomic E-state index is 0.868. The number of quaternary nitrogens is 1. The van der Waals surface area contributed by atoms with Gasteiger partial charge in [0.15, 0.2) is 0 Å². The van der Waals surface area contributed by atoms with Crippen LogP contribution in [0.15, 0.2) is 11.6 Å². The monoisotopic (exact) mass is 268 g/mol. The minimum atomic E-state index is 0.868. The van der Waals surface area contributed by atoms with E-state index >= 15 is 0 Å². The van der Waals surface area contributed by atoms with Gasteiger partial charge in [-0.2, -0.15) is 0 Å². The molecule has 0 aliphatic rings. The summed E-state index contributed by atoms with van der Waals surface area (Å²) in [6.07, 6.45) is 9.10. The summed E-state index contributed by atoms with van der Waals surface area (Å²) in [5.41, 5.74) is 1.46. The van der Waals surface area contributed by atoms with Crippen LogP contribution in [-0.4, -0.2) is 30.7 Å². The van der Waals surface area contributed by atoms with Gasteiger partial charge in [-0.15, -0.1) is 0 Å². The molecule has 0 amide bonds. The average molecular weight is 269 g/mol. The Morgan fingerprint density at radius 3 is 2.11 bits per heavy atom. The fourth-order valence-electron chi connectivity index (χ4n) is 2.76. The molecule has 0 aromatic heterocycles. The molecule has 0 bridgehead atoms. The molecule has 0 aliphatic carbocycles. The van der Waals surface area contributed by atoms with E-state index in [-0.39, 0.29) is 0 Å². The van der Waals surface area contributed by atoms with Gasteiger partial charge >= 0.3 is 0 Å². The third-order valence-electron chi connectivity index (χ3n) is 4.64. The van der Waals surface area contributed by atoms with Crippen LogP contribution < -0.4 is 0 Å². The topological polar surface area (TPSA) is 0 Å². The highest BCUT2D eigenvalue weighted by atomic mass is 15.3. The van der Waals surface area contributed by atoms with E-state index < -0.39 is 0 Å². The van der Waals surface area contributed by atoms with Crippen molar-refractivity contribution in [1.29, 1.82) is 0 Å². The molecule has 1 atom stereocenters. The Bertz CT molecular complexity index is 234. The number of hydrogen-bond acceptors (Lipinski definition) is 0. The summed E-state index contributed by atoms with van der Waals surface area (Å²) in [5, 5.41) is 0. The van der Waals surface area contributed by atoms with Crippen LogP contribution in [0.25, 0.3) is 0 Å². The smallest absolute Gasteiger partial charge is 0.0789 e. The second-order valence-electron chi connectivity index (χ2n) is 6.53. The normalized spacial score (nSPS) is 13.4. The lowest BCUT2D eigenvalue weighted by atomic mass is 10.00. The van der Waals surface area contributed by atoms with E-state index in [1.165, 1.54) is 68.3 Å². The lowest BCUT2D eigenvalue weighted by molar-refractivity contribution is -0.925. The van der Waals surface area contributed by atoms with Crippen LogP contribution in [0.4, 0.5) is 0 Å². The number of unbranched alkanes of at least 4 members (excludes halogenated alkanes) is 1. The molecule has 0 unspecified atom stereocenters. The molecule has 0 fully saturated rings. The van der Waals surface area contributed by atoms with Gasteiger partial charge in [0.1, 0.15) is 0 Å².